The van der Waals surface area contributed by atoms with Gasteiger partial charge in [0, 0.05) is 19.0 Å². The quantitative estimate of drug-likeness (QED) is 0.803. The van der Waals surface area contributed by atoms with Gasteiger partial charge in [-0.05, 0) is 37.5 Å². The molecule has 0 radical (unpaired) electrons. The van der Waals surface area contributed by atoms with E-state index < -0.39 is 6.10 Å². The van der Waals surface area contributed by atoms with Gasteiger partial charge in [0.2, 0.25) is 11.8 Å². The van der Waals surface area contributed by atoms with Gasteiger partial charge in [-0.3, -0.25) is 9.59 Å². The van der Waals surface area contributed by atoms with Gasteiger partial charge < -0.3 is 15.3 Å². The Kier molecular flexibility index (Phi) is 4.91. The molecule has 2 N–H and O–H groups in total. The molecule has 0 bridgehead atoms. The third-order valence-electron chi connectivity index (χ3n) is 4.13. The monoisotopic (exact) mass is 296 g/mol. The average molecular weight is 296 g/mol. The van der Waals surface area contributed by atoms with E-state index in [2.05, 4.69) is 26.1 Å². The van der Waals surface area contributed by atoms with E-state index in [1.807, 2.05) is 0 Å². The van der Waals surface area contributed by atoms with Crippen LogP contribution in [0.1, 0.15) is 52.9 Å². The summed E-state index contributed by atoms with van der Waals surface area (Å²) in [6.07, 6.45) is 3.66. The van der Waals surface area contributed by atoms with Crippen LogP contribution in [0.15, 0.2) is 0 Å². The van der Waals surface area contributed by atoms with Gasteiger partial charge >= 0.3 is 0 Å². The molecule has 2 fully saturated rings. The van der Waals surface area contributed by atoms with E-state index in [4.69, 9.17) is 0 Å². The molecule has 0 spiro atoms. The Morgan fingerprint density at radius 1 is 1.29 bits per heavy atom. The van der Waals surface area contributed by atoms with E-state index in [0.29, 0.717) is 13.0 Å². The number of hydrogen-bond donors (Lipinski definition) is 2. The first-order valence-electron chi connectivity index (χ1n) is 8.04. The first kappa shape index (κ1) is 16.3. The average Bonchev–Trinajstić information content (AvgIpc) is 3.10. The number of hydrogen-bond acceptors (Lipinski definition) is 3. The molecule has 1 heterocycles. The van der Waals surface area contributed by atoms with Crippen LogP contribution in [-0.4, -0.2) is 47.1 Å². The Bertz CT molecular complexity index is 399. The molecule has 0 aromatic heterocycles. The van der Waals surface area contributed by atoms with E-state index >= 15 is 0 Å². The van der Waals surface area contributed by atoms with Crippen LogP contribution in [0.5, 0.6) is 0 Å². The number of nitrogens with one attached hydrogen (secondary N) is 1. The summed E-state index contributed by atoms with van der Waals surface area (Å²) in [5.74, 6) is 0.183. The molecule has 0 aromatic carbocycles. The van der Waals surface area contributed by atoms with Crippen LogP contribution in [-0.2, 0) is 9.59 Å². The Labute approximate surface area is 127 Å². The van der Waals surface area contributed by atoms with E-state index in [1.54, 1.807) is 4.90 Å². The standard InChI is InChI=1S/C16H28N2O3/c1-16(2,3)9-12(19)10-17-14(20)13-5-4-8-18(13)15(21)11-6-7-11/h11-13,19H,4-10H2,1-3H3,(H,17,20). The van der Waals surface area contributed by atoms with Crippen molar-refractivity contribution in [3.8, 4) is 0 Å². The maximum atomic E-state index is 12.3. The fourth-order valence-electron chi connectivity index (χ4n) is 2.98. The number of aliphatic hydroxyl groups excluding tert-OH is 1. The molecule has 21 heavy (non-hydrogen) atoms. The second kappa shape index (κ2) is 6.34. The van der Waals surface area contributed by atoms with Gasteiger partial charge in [-0.25, -0.2) is 0 Å². The van der Waals surface area contributed by atoms with Gasteiger partial charge in [0.1, 0.15) is 6.04 Å². The van der Waals surface area contributed by atoms with Crippen molar-refractivity contribution in [2.75, 3.05) is 13.1 Å². The highest BCUT2D eigenvalue weighted by Gasteiger charge is 2.40. The Balaban J connectivity index is 1.80. The molecule has 2 unspecified atom stereocenters. The molecule has 120 valence electrons. The van der Waals surface area contributed by atoms with Crippen molar-refractivity contribution in [3.05, 3.63) is 0 Å². The van der Waals surface area contributed by atoms with Gasteiger partial charge in [-0.1, -0.05) is 20.8 Å². The Morgan fingerprint density at radius 2 is 1.95 bits per heavy atom. The van der Waals surface area contributed by atoms with Crippen LogP contribution >= 0.6 is 0 Å². The zero-order valence-corrected chi connectivity index (χ0v) is 13.4. The van der Waals surface area contributed by atoms with Gasteiger partial charge in [-0.2, -0.15) is 0 Å². The second-order valence-electron chi connectivity index (χ2n) is 7.63. The molecule has 0 aromatic rings. The summed E-state index contributed by atoms with van der Waals surface area (Å²) >= 11 is 0. The molecule has 1 saturated heterocycles. The van der Waals surface area contributed by atoms with Crippen molar-refractivity contribution in [3.63, 3.8) is 0 Å². The lowest BCUT2D eigenvalue weighted by Crippen LogP contribution is -2.48. The van der Waals surface area contributed by atoms with Crippen molar-refractivity contribution in [2.24, 2.45) is 11.3 Å². The molecule has 2 atom stereocenters. The van der Waals surface area contributed by atoms with Crippen molar-refractivity contribution in [1.29, 1.82) is 0 Å². The van der Waals surface area contributed by atoms with Gasteiger partial charge in [0.25, 0.3) is 0 Å². The summed E-state index contributed by atoms with van der Waals surface area (Å²) in [6.45, 7) is 7.14. The maximum absolute atomic E-state index is 12.3. The summed E-state index contributed by atoms with van der Waals surface area (Å²) in [4.78, 5) is 26.1. The van der Waals surface area contributed by atoms with Crippen molar-refractivity contribution >= 4 is 11.8 Å². The largest absolute Gasteiger partial charge is 0.391 e. The number of carbonyl (C=O) groups excluding carboxylic acids is 2. The third-order valence-corrected chi connectivity index (χ3v) is 4.13. The minimum Gasteiger partial charge on any atom is -0.391 e. The number of rotatable bonds is 5. The lowest BCUT2D eigenvalue weighted by Gasteiger charge is -2.26. The highest BCUT2D eigenvalue weighted by Crippen LogP contribution is 2.33. The second-order valence-corrected chi connectivity index (χ2v) is 7.63. The van der Waals surface area contributed by atoms with E-state index in [0.717, 1.165) is 25.7 Å². The molecule has 1 saturated carbocycles. The van der Waals surface area contributed by atoms with Crippen molar-refractivity contribution < 1.29 is 14.7 Å². The fourth-order valence-corrected chi connectivity index (χ4v) is 2.98. The smallest absolute Gasteiger partial charge is 0.242 e. The van der Waals surface area contributed by atoms with Crippen LogP contribution < -0.4 is 5.32 Å². The first-order chi connectivity index (χ1) is 9.78. The van der Waals surface area contributed by atoms with Crippen LogP contribution in [0.3, 0.4) is 0 Å². The van der Waals surface area contributed by atoms with E-state index in [-0.39, 0.29) is 35.7 Å². The van der Waals surface area contributed by atoms with Gasteiger partial charge in [0.15, 0.2) is 0 Å². The number of amides is 2. The summed E-state index contributed by atoms with van der Waals surface area (Å²) in [7, 11) is 0. The van der Waals surface area contributed by atoms with Crippen molar-refractivity contribution in [2.45, 2.75) is 65.0 Å². The van der Waals surface area contributed by atoms with Gasteiger partial charge in [-0.15, -0.1) is 0 Å². The summed E-state index contributed by atoms with van der Waals surface area (Å²) in [6, 6.07) is -0.333. The fraction of sp³-hybridized carbons (Fsp3) is 0.875. The summed E-state index contributed by atoms with van der Waals surface area (Å²) in [5.41, 5.74) is 0.0332. The van der Waals surface area contributed by atoms with Crippen LogP contribution in [0.4, 0.5) is 0 Å². The summed E-state index contributed by atoms with van der Waals surface area (Å²) in [5, 5.41) is 12.8. The highest BCUT2D eigenvalue weighted by atomic mass is 16.3. The number of carbonyl (C=O) groups is 2. The van der Waals surface area contributed by atoms with Crippen LogP contribution in [0, 0.1) is 11.3 Å². The molecule has 5 heteroatoms. The number of likely N-dealkylation sites (tertiary alicyclic amines) is 1. The molecular weight excluding hydrogens is 268 g/mol. The maximum Gasteiger partial charge on any atom is 0.242 e. The minimum atomic E-state index is -0.539. The van der Waals surface area contributed by atoms with Crippen LogP contribution in [0.2, 0.25) is 0 Å². The normalized spacial score (nSPS) is 24.0. The Morgan fingerprint density at radius 3 is 2.52 bits per heavy atom. The number of aliphatic hydroxyl groups is 1. The highest BCUT2D eigenvalue weighted by molar-refractivity contribution is 5.89. The molecule has 5 nitrogen and oxygen atoms in total. The predicted octanol–water partition coefficient (Wildman–Crippen LogP) is 1.30. The van der Waals surface area contributed by atoms with Crippen molar-refractivity contribution in [1.82, 2.24) is 10.2 Å². The lowest BCUT2D eigenvalue weighted by molar-refractivity contribution is -0.139. The SMILES string of the molecule is CC(C)(C)CC(O)CNC(=O)C1CCCN1C(=O)C1CC1. The molecule has 2 aliphatic rings. The molecular formula is C16H28N2O3. The van der Waals surface area contributed by atoms with Crippen LogP contribution in [0.25, 0.3) is 0 Å². The molecule has 1 aliphatic carbocycles. The predicted molar refractivity (Wildman–Crippen MR) is 80.5 cm³/mol. The number of nitrogens with zero attached hydrogens (tertiary/aromatic N) is 1. The third kappa shape index (κ3) is 4.70. The zero-order chi connectivity index (χ0) is 15.6. The Hall–Kier alpha value is -1.10. The molecule has 1 aliphatic heterocycles. The first-order valence-corrected chi connectivity index (χ1v) is 8.04. The topological polar surface area (TPSA) is 69.6 Å². The zero-order valence-electron chi connectivity index (χ0n) is 13.4. The minimum absolute atomic E-state index is 0.0332. The van der Waals surface area contributed by atoms with E-state index in [1.165, 1.54) is 0 Å². The molecule has 2 rings (SSSR count). The van der Waals surface area contributed by atoms with Gasteiger partial charge in [0.05, 0.1) is 6.10 Å². The lowest BCUT2D eigenvalue weighted by atomic mass is 9.89. The molecule has 2 amide bonds. The van der Waals surface area contributed by atoms with E-state index in [9.17, 15) is 14.7 Å². The summed E-state index contributed by atoms with van der Waals surface area (Å²) < 4.78 is 0.